The van der Waals surface area contributed by atoms with Gasteiger partial charge in [-0.05, 0) is 25.6 Å². The molecule has 1 atom stereocenters. The van der Waals surface area contributed by atoms with Gasteiger partial charge in [0.25, 0.3) is 0 Å². The third kappa shape index (κ3) is 4.22. The van der Waals surface area contributed by atoms with Crippen LogP contribution in [0, 0.1) is 0 Å². The van der Waals surface area contributed by atoms with Gasteiger partial charge in [0.1, 0.15) is 0 Å². The van der Waals surface area contributed by atoms with Gasteiger partial charge in [0.15, 0.2) is 5.82 Å². The molecule has 0 bridgehead atoms. The molecule has 5 heteroatoms. The lowest BCUT2D eigenvalue weighted by molar-refractivity contribution is 0.339. The first kappa shape index (κ1) is 12.5. The molecular weight excluding hydrogens is 210 g/mol. The molecule has 0 aliphatic rings. The van der Waals surface area contributed by atoms with Crippen LogP contribution in [0.1, 0.15) is 44.9 Å². The molecule has 1 unspecified atom stereocenters. The summed E-state index contributed by atoms with van der Waals surface area (Å²) in [7, 11) is 0. The van der Waals surface area contributed by atoms with E-state index in [-0.39, 0.29) is 6.04 Å². The number of nitrogens with one attached hydrogen (secondary N) is 1. The van der Waals surface area contributed by atoms with Crippen LogP contribution < -0.4 is 5.32 Å². The maximum atomic E-state index is 5.17. The van der Waals surface area contributed by atoms with Crippen molar-refractivity contribution in [2.24, 2.45) is 0 Å². The van der Waals surface area contributed by atoms with Crippen molar-refractivity contribution in [3.8, 4) is 0 Å². The van der Waals surface area contributed by atoms with Crippen molar-refractivity contribution in [3.05, 3.63) is 11.7 Å². The quantitative estimate of drug-likeness (QED) is 0.727. The Morgan fingerprint density at radius 2 is 2.27 bits per heavy atom. The summed E-state index contributed by atoms with van der Waals surface area (Å²) < 4.78 is 5.17. The molecule has 1 heterocycles. The molecule has 0 spiro atoms. The Hall–Kier alpha value is -0.550. The molecule has 1 aromatic heterocycles. The van der Waals surface area contributed by atoms with Crippen LogP contribution in [0.3, 0.4) is 0 Å². The van der Waals surface area contributed by atoms with Crippen LogP contribution in [0.5, 0.6) is 0 Å². The van der Waals surface area contributed by atoms with E-state index in [2.05, 4.69) is 29.3 Å². The molecule has 1 aromatic rings. The Balaban J connectivity index is 2.41. The molecule has 0 aliphatic carbocycles. The Morgan fingerprint density at radius 3 is 2.93 bits per heavy atom. The van der Waals surface area contributed by atoms with Crippen LogP contribution in [0.25, 0.3) is 0 Å². The summed E-state index contributed by atoms with van der Waals surface area (Å²) in [4.78, 5) is 4.34. The molecule has 0 fully saturated rings. The first-order valence-corrected chi connectivity index (χ1v) is 6.57. The molecule has 0 saturated heterocycles. The number of thioether (sulfide) groups is 1. The highest BCUT2D eigenvalue weighted by atomic mass is 32.2. The second-order valence-electron chi connectivity index (χ2n) is 3.38. The van der Waals surface area contributed by atoms with E-state index in [1.807, 2.05) is 18.7 Å². The molecule has 0 amide bonds. The highest BCUT2D eigenvalue weighted by Crippen LogP contribution is 2.13. The molecule has 1 rings (SSSR count). The number of rotatable bonds is 7. The van der Waals surface area contributed by atoms with E-state index in [9.17, 15) is 0 Å². The third-order valence-corrected chi connectivity index (χ3v) is 3.10. The number of aromatic nitrogens is 2. The van der Waals surface area contributed by atoms with Crippen LogP contribution in [-0.2, 0) is 5.75 Å². The normalized spacial score (nSPS) is 13.0. The van der Waals surface area contributed by atoms with Gasteiger partial charge in [0, 0.05) is 0 Å². The molecule has 86 valence electrons. The van der Waals surface area contributed by atoms with E-state index in [0.29, 0.717) is 5.89 Å². The highest BCUT2D eigenvalue weighted by Gasteiger charge is 2.12. The maximum absolute atomic E-state index is 5.17. The first-order chi connectivity index (χ1) is 7.27. The fraction of sp³-hybridized carbons (Fsp3) is 0.800. The Kier molecular flexibility index (Phi) is 5.71. The monoisotopic (exact) mass is 229 g/mol. The molecule has 4 nitrogen and oxygen atoms in total. The van der Waals surface area contributed by atoms with Crippen molar-refractivity contribution < 1.29 is 4.52 Å². The van der Waals surface area contributed by atoms with Gasteiger partial charge in [0.2, 0.25) is 5.89 Å². The smallest absolute Gasteiger partial charge is 0.243 e. The zero-order valence-electron chi connectivity index (χ0n) is 9.62. The second-order valence-corrected chi connectivity index (χ2v) is 4.49. The van der Waals surface area contributed by atoms with E-state index >= 15 is 0 Å². The number of nitrogens with zero attached hydrogens (tertiary/aromatic N) is 2. The minimum absolute atomic E-state index is 0.146. The van der Waals surface area contributed by atoms with Crippen LogP contribution in [0.15, 0.2) is 4.52 Å². The average molecular weight is 229 g/mol. The summed E-state index contributed by atoms with van der Waals surface area (Å²) in [6, 6.07) is 0.146. The second kappa shape index (κ2) is 6.85. The molecule has 0 radical (unpaired) electrons. The standard InChI is InChI=1S/C10H19N3OS/c1-4-6-15-7-9-12-10(14-13-9)8(3)11-5-2/h8,11H,4-7H2,1-3H3. The van der Waals surface area contributed by atoms with Gasteiger partial charge < -0.3 is 9.84 Å². The largest absolute Gasteiger partial charge is 0.338 e. The van der Waals surface area contributed by atoms with Crippen molar-refractivity contribution in [2.75, 3.05) is 12.3 Å². The fourth-order valence-electron chi connectivity index (χ4n) is 1.20. The van der Waals surface area contributed by atoms with E-state index in [0.717, 1.165) is 23.9 Å². The summed E-state index contributed by atoms with van der Waals surface area (Å²) in [5, 5.41) is 7.18. The van der Waals surface area contributed by atoms with Gasteiger partial charge in [0.05, 0.1) is 11.8 Å². The van der Waals surface area contributed by atoms with Gasteiger partial charge in [-0.2, -0.15) is 16.7 Å². The van der Waals surface area contributed by atoms with Gasteiger partial charge in [-0.3, -0.25) is 0 Å². The zero-order valence-corrected chi connectivity index (χ0v) is 10.4. The minimum atomic E-state index is 0.146. The maximum Gasteiger partial charge on any atom is 0.243 e. The summed E-state index contributed by atoms with van der Waals surface area (Å²) in [6.45, 7) is 7.16. The summed E-state index contributed by atoms with van der Waals surface area (Å²) in [5.41, 5.74) is 0. The van der Waals surface area contributed by atoms with Crippen LogP contribution in [0.4, 0.5) is 0 Å². The zero-order chi connectivity index (χ0) is 11.1. The van der Waals surface area contributed by atoms with Crippen molar-refractivity contribution in [3.63, 3.8) is 0 Å². The topological polar surface area (TPSA) is 51.0 Å². The predicted octanol–water partition coefficient (Wildman–Crippen LogP) is 2.38. The highest BCUT2D eigenvalue weighted by molar-refractivity contribution is 7.98. The number of hydrogen-bond donors (Lipinski definition) is 1. The van der Waals surface area contributed by atoms with Crippen LogP contribution in [-0.4, -0.2) is 22.4 Å². The summed E-state index contributed by atoms with van der Waals surface area (Å²) >= 11 is 1.84. The van der Waals surface area contributed by atoms with Gasteiger partial charge in [-0.15, -0.1) is 0 Å². The van der Waals surface area contributed by atoms with Crippen molar-refractivity contribution in [2.45, 2.75) is 39.0 Å². The Labute approximate surface area is 95.2 Å². The Bertz CT molecular complexity index is 277. The van der Waals surface area contributed by atoms with Gasteiger partial charge in [-0.25, -0.2) is 0 Å². The number of hydrogen-bond acceptors (Lipinski definition) is 5. The average Bonchev–Trinajstić information content (AvgIpc) is 2.67. The fourth-order valence-corrected chi connectivity index (χ4v) is 1.94. The minimum Gasteiger partial charge on any atom is -0.338 e. The summed E-state index contributed by atoms with van der Waals surface area (Å²) in [6.07, 6.45) is 1.18. The molecular formula is C10H19N3OS. The predicted molar refractivity (Wildman–Crippen MR) is 62.8 cm³/mol. The van der Waals surface area contributed by atoms with E-state index in [1.54, 1.807) is 0 Å². The van der Waals surface area contributed by atoms with Gasteiger partial charge in [-0.1, -0.05) is 19.0 Å². The lowest BCUT2D eigenvalue weighted by atomic mass is 10.3. The summed E-state index contributed by atoms with van der Waals surface area (Å²) in [5.74, 6) is 3.47. The first-order valence-electron chi connectivity index (χ1n) is 5.41. The SMILES string of the molecule is CCCSCc1noc(C(C)NCC)n1. The van der Waals surface area contributed by atoms with Gasteiger partial charge >= 0.3 is 0 Å². The molecule has 15 heavy (non-hydrogen) atoms. The van der Waals surface area contributed by atoms with Crippen LogP contribution in [0.2, 0.25) is 0 Å². The van der Waals surface area contributed by atoms with Crippen molar-refractivity contribution >= 4 is 11.8 Å². The van der Waals surface area contributed by atoms with Crippen LogP contribution >= 0.6 is 11.8 Å². The van der Waals surface area contributed by atoms with Crippen molar-refractivity contribution in [1.82, 2.24) is 15.5 Å². The van der Waals surface area contributed by atoms with Crippen molar-refractivity contribution in [1.29, 1.82) is 0 Å². The van der Waals surface area contributed by atoms with E-state index in [1.165, 1.54) is 6.42 Å². The van der Waals surface area contributed by atoms with E-state index in [4.69, 9.17) is 4.52 Å². The third-order valence-electron chi connectivity index (χ3n) is 1.94. The molecule has 0 saturated carbocycles. The molecule has 0 aliphatic heterocycles. The lowest BCUT2D eigenvalue weighted by Crippen LogP contribution is -2.17. The molecule has 1 N–H and O–H groups in total. The molecule has 0 aromatic carbocycles. The Morgan fingerprint density at radius 1 is 1.47 bits per heavy atom. The van der Waals surface area contributed by atoms with E-state index < -0.39 is 0 Å². The lowest BCUT2D eigenvalue weighted by Gasteiger charge is -2.04.